The molecule has 3 aromatic rings. The second kappa shape index (κ2) is 9.34. The van der Waals surface area contributed by atoms with Crippen LogP contribution in [0.25, 0.3) is 0 Å². The van der Waals surface area contributed by atoms with Crippen LogP contribution >= 0.6 is 23.2 Å². The van der Waals surface area contributed by atoms with Crippen LogP contribution in [-0.2, 0) is 11.3 Å². The summed E-state index contributed by atoms with van der Waals surface area (Å²) in [5.41, 5.74) is 3.74. The number of rotatable bonds is 6. The van der Waals surface area contributed by atoms with Gasteiger partial charge >= 0.3 is 0 Å². The maximum Gasteiger partial charge on any atom is 0.0773 e. The van der Waals surface area contributed by atoms with Gasteiger partial charge in [-0.25, -0.2) is 0 Å². The SMILES string of the molecule is Clc1cc(Cl)cc(CO[C@@H]2C3CCN(CC3)[C@@H]2C(c2ccccc2)c2ccccc2)c1. The van der Waals surface area contributed by atoms with Crippen LogP contribution in [0, 0.1) is 5.92 Å². The molecule has 3 fully saturated rings. The zero-order valence-corrected chi connectivity index (χ0v) is 19.0. The van der Waals surface area contributed by atoms with E-state index < -0.39 is 0 Å². The molecule has 0 aliphatic carbocycles. The molecule has 0 aromatic heterocycles. The van der Waals surface area contributed by atoms with Crippen LogP contribution in [0.5, 0.6) is 0 Å². The van der Waals surface area contributed by atoms with E-state index in [1.54, 1.807) is 6.07 Å². The number of hydrogen-bond acceptors (Lipinski definition) is 2. The average Bonchev–Trinajstić information content (AvgIpc) is 2.80. The van der Waals surface area contributed by atoms with Gasteiger partial charge in [-0.05, 0) is 66.7 Å². The Morgan fingerprint density at radius 2 is 1.35 bits per heavy atom. The van der Waals surface area contributed by atoms with Crippen molar-refractivity contribution in [3.8, 4) is 0 Å². The Kier molecular flexibility index (Phi) is 6.34. The van der Waals surface area contributed by atoms with Gasteiger partial charge in [-0.15, -0.1) is 0 Å². The predicted molar refractivity (Wildman–Crippen MR) is 128 cm³/mol. The zero-order valence-electron chi connectivity index (χ0n) is 17.5. The highest BCUT2D eigenvalue weighted by atomic mass is 35.5. The lowest BCUT2D eigenvalue weighted by molar-refractivity contribution is -0.120. The van der Waals surface area contributed by atoms with E-state index in [1.807, 2.05) is 12.1 Å². The Labute approximate surface area is 194 Å². The molecule has 0 N–H and O–H groups in total. The highest BCUT2D eigenvalue weighted by Gasteiger charge is 2.47. The molecule has 0 unspecified atom stereocenters. The lowest BCUT2D eigenvalue weighted by Gasteiger charge is -2.53. The molecule has 0 radical (unpaired) electrons. The smallest absolute Gasteiger partial charge is 0.0773 e. The normalized spacial score (nSPS) is 25.1. The van der Waals surface area contributed by atoms with E-state index in [9.17, 15) is 0 Å². The fraction of sp³-hybridized carbons (Fsp3) is 0.333. The lowest BCUT2D eigenvalue weighted by atomic mass is 9.72. The number of hydrogen-bond donors (Lipinski definition) is 0. The molecule has 3 aliphatic heterocycles. The molecule has 0 amide bonds. The molecule has 2 nitrogen and oxygen atoms in total. The number of halogens is 2. The van der Waals surface area contributed by atoms with E-state index in [1.165, 1.54) is 24.0 Å². The van der Waals surface area contributed by atoms with Crippen molar-refractivity contribution in [3.05, 3.63) is 106 Å². The summed E-state index contributed by atoms with van der Waals surface area (Å²) < 4.78 is 6.69. The highest BCUT2D eigenvalue weighted by molar-refractivity contribution is 6.34. The number of fused-ring (bicyclic) bond motifs is 3. The average molecular weight is 452 g/mol. The minimum absolute atomic E-state index is 0.172. The van der Waals surface area contributed by atoms with Crippen molar-refractivity contribution < 1.29 is 4.74 Å². The topological polar surface area (TPSA) is 12.5 Å². The molecule has 6 rings (SSSR count). The molecule has 160 valence electrons. The van der Waals surface area contributed by atoms with Crippen molar-refractivity contribution in [3.63, 3.8) is 0 Å². The molecule has 3 aromatic carbocycles. The Morgan fingerprint density at radius 1 is 0.806 bits per heavy atom. The first-order valence-corrected chi connectivity index (χ1v) is 11.8. The molecular weight excluding hydrogens is 425 g/mol. The van der Waals surface area contributed by atoms with Crippen LogP contribution in [0.3, 0.4) is 0 Å². The molecule has 0 saturated carbocycles. The van der Waals surface area contributed by atoms with E-state index in [2.05, 4.69) is 65.6 Å². The Bertz CT molecular complexity index is 943. The van der Waals surface area contributed by atoms with Gasteiger partial charge in [0, 0.05) is 22.0 Å². The molecule has 2 atom stereocenters. The van der Waals surface area contributed by atoms with Crippen molar-refractivity contribution >= 4 is 23.2 Å². The largest absolute Gasteiger partial charge is 0.372 e. The first-order valence-electron chi connectivity index (χ1n) is 11.1. The Balaban J connectivity index is 1.49. The van der Waals surface area contributed by atoms with Gasteiger partial charge in [-0.2, -0.15) is 0 Å². The molecule has 4 heteroatoms. The molecule has 3 aliphatic rings. The van der Waals surface area contributed by atoms with Crippen molar-refractivity contribution in [2.24, 2.45) is 5.92 Å². The number of piperidine rings is 3. The number of nitrogens with zero attached hydrogens (tertiary/aromatic N) is 1. The summed E-state index contributed by atoms with van der Waals surface area (Å²) in [6, 6.07) is 27.8. The Morgan fingerprint density at radius 3 is 1.90 bits per heavy atom. The quantitative estimate of drug-likeness (QED) is 0.408. The molecule has 3 saturated heterocycles. The van der Waals surface area contributed by atoms with E-state index in [-0.39, 0.29) is 12.0 Å². The monoisotopic (exact) mass is 451 g/mol. The number of benzene rings is 3. The summed E-state index contributed by atoms with van der Waals surface area (Å²) in [6.45, 7) is 2.82. The van der Waals surface area contributed by atoms with Crippen LogP contribution in [-0.4, -0.2) is 30.1 Å². The van der Waals surface area contributed by atoms with Crippen LogP contribution in [0.4, 0.5) is 0 Å². The van der Waals surface area contributed by atoms with Gasteiger partial charge in [0.1, 0.15) is 0 Å². The van der Waals surface area contributed by atoms with Gasteiger partial charge in [0.15, 0.2) is 0 Å². The van der Waals surface area contributed by atoms with Crippen molar-refractivity contribution in [2.45, 2.75) is 37.5 Å². The molecule has 3 heterocycles. The first-order chi connectivity index (χ1) is 15.2. The van der Waals surface area contributed by atoms with Gasteiger partial charge < -0.3 is 4.74 Å². The summed E-state index contributed by atoms with van der Waals surface area (Å²) in [6.07, 6.45) is 2.58. The van der Waals surface area contributed by atoms with Crippen LogP contribution in [0.2, 0.25) is 10.0 Å². The maximum absolute atomic E-state index is 6.69. The van der Waals surface area contributed by atoms with Crippen molar-refractivity contribution in [1.82, 2.24) is 4.90 Å². The van der Waals surface area contributed by atoms with Gasteiger partial charge in [0.2, 0.25) is 0 Å². The minimum atomic E-state index is 0.172. The highest BCUT2D eigenvalue weighted by Crippen LogP contribution is 2.43. The van der Waals surface area contributed by atoms with Crippen LogP contribution in [0.15, 0.2) is 78.9 Å². The summed E-state index contributed by atoms with van der Waals surface area (Å²) in [4.78, 5) is 2.65. The Hall–Kier alpha value is -1.84. The van der Waals surface area contributed by atoms with E-state index in [4.69, 9.17) is 27.9 Å². The van der Waals surface area contributed by atoms with Gasteiger partial charge in [0.25, 0.3) is 0 Å². The molecule has 2 bridgehead atoms. The third kappa shape index (κ3) is 4.54. The van der Waals surface area contributed by atoms with E-state index >= 15 is 0 Å². The summed E-state index contributed by atoms with van der Waals surface area (Å²) in [5, 5.41) is 1.31. The van der Waals surface area contributed by atoms with Gasteiger partial charge in [0.05, 0.1) is 12.7 Å². The summed E-state index contributed by atoms with van der Waals surface area (Å²) in [7, 11) is 0. The maximum atomic E-state index is 6.69. The van der Waals surface area contributed by atoms with Crippen molar-refractivity contribution in [2.75, 3.05) is 13.1 Å². The molecular formula is C27H27Cl2NO. The second-order valence-corrected chi connectivity index (χ2v) is 9.59. The molecule has 0 spiro atoms. The summed E-state index contributed by atoms with van der Waals surface area (Å²) >= 11 is 12.5. The summed E-state index contributed by atoms with van der Waals surface area (Å²) in [5.74, 6) is 0.859. The minimum Gasteiger partial charge on any atom is -0.372 e. The van der Waals surface area contributed by atoms with Gasteiger partial charge in [-0.1, -0.05) is 83.9 Å². The molecule has 31 heavy (non-hydrogen) atoms. The zero-order chi connectivity index (χ0) is 21.2. The fourth-order valence-electron chi connectivity index (χ4n) is 5.46. The van der Waals surface area contributed by atoms with Crippen LogP contribution < -0.4 is 0 Å². The standard InChI is InChI=1S/C27H27Cl2NO/c28-23-15-19(16-24(29)17-23)18-31-27-22-11-13-30(14-12-22)26(27)25(20-7-3-1-4-8-20)21-9-5-2-6-10-21/h1-10,15-17,22,25-27H,11-14,18H2/t26-,27-/m1/s1. The van der Waals surface area contributed by atoms with E-state index in [0.29, 0.717) is 28.6 Å². The van der Waals surface area contributed by atoms with Crippen molar-refractivity contribution in [1.29, 1.82) is 0 Å². The first kappa shape index (κ1) is 21.0. The fourth-order valence-corrected chi connectivity index (χ4v) is 6.03. The van der Waals surface area contributed by atoms with E-state index in [0.717, 1.165) is 18.7 Å². The van der Waals surface area contributed by atoms with Crippen LogP contribution in [0.1, 0.15) is 35.4 Å². The van der Waals surface area contributed by atoms with Gasteiger partial charge in [-0.3, -0.25) is 4.90 Å². The third-order valence-corrected chi connectivity index (χ3v) is 7.26. The lowest BCUT2D eigenvalue weighted by Crippen LogP contribution is -2.60. The second-order valence-electron chi connectivity index (χ2n) is 8.72. The number of ether oxygens (including phenoxy) is 1. The predicted octanol–water partition coefficient (Wildman–Crippen LogP) is 6.80. The third-order valence-electron chi connectivity index (χ3n) is 6.82.